The Bertz CT molecular complexity index is 507. The number of likely N-dealkylation sites (tertiary alicyclic amines) is 1. The van der Waals surface area contributed by atoms with E-state index in [0.29, 0.717) is 10.6 Å². The molecule has 0 radical (unpaired) electrons. The molecule has 0 spiro atoms. The van der Waals surface area contributed by atoms with Crippen LogP contribution in [0.5, 0.6) is 0 Å². The van der Waals surface area contributed by atoms with Crippen molar-refractivity contribution in [1.29, 1.82) is 0 Å². The van der Waals surface area contributed by atoms with Gasteiger partial charge in [0.15, 0.2) is 0 Å². The van der Waals surface area contributed by atoms with E-state index in [0.717, 1.165) is 25.8 Å². The SMILES string of the molecule is CN(Cc1c(F)cccc1Cl)C(=O)CN1CCCCC1CO. The molecule has 1 fully saturated rings. The summed E-state index contributed by atoms with van der Waals surface area (Å²) in [5.41, 5.74) is 0.331. The van der Waals surface area contributed by atoms with Crippen molar-refractivity contribution in [3.05, 3.63) is 34.6 Å². The summed E-state index contributed by atoms with van der Waals surface area (Å²) in [6.07, 6.45) is 3.02. The van der Waals surface area contributed by atoms with Crippen molar-refractivity contribution in [3.8, 4) is 0 Å². The molecule has 122 valence electrons. The van der Waals surface area contributed by atoms with Gasteiger partial charge < -0.3 is 10.0 Å². The molecule has 1 saturated heterocycles. The molecular formula is C16H22ClFN2O2. The molecular weight excluding hydrogens is 307 g/mol. The fraction of sp³-hybridized carbons (Fsp3) is 0.562. The van der Waals surface area contributed by atoms with E-state index in [1.807, 2.05) is 4.90 Å². The van der Waals surface area contributed by atoms with Gasteiger partial charge in [-0.05, 0) is 31.5 Å². The summed E-state index contributed by atoms with van der Waals surface area (Å²) in [5.74, 6) is -0.502. The van der Waals surface area contributed by atoms with E-state index in [9.17, 15) is 14.3 Å². The van der Waals surface area contributed by atoms with Gasteiger partial charge >= 0.3 is 0 Å². The molecule has 2 rings (SSSR count). The van der Waals surface area contributed by atoms with Crippen molar-refractivity contribution >= 4 is 17.5 Å². The fourth-order valence-electron chi connectivity index (χ4n) is 2.78. The number of nitrogens with zero attached hydrogens (tertiary/aromatic N) is 2. The van der Waals surface area contributed by atoms with Crippen LogP contribution in [0, 0.1) is 5.82 Å². The van der Waals surface area contributed by atoms with Gasteiger partial charge in [0.25, 0.3) is 0 Å². The number of aliphatic hydroxyl groups excluding tert-OH is 1. The van der Waals surface area contributed by atoms with Crippen LogP contribution in [-0.4, -0.2) is 53.6 Å². The van der Waals surface area contributed by atoms with E-state index in [2.05, 4.69) is 0 Å². The monoisotopic (exact) mass is 328 g/mol. The van der Waals surface area contributed by atoms with Crippen molar-refractivity contribution in [2.75, 3.05) is 26.7 Å². The first-order valence-electron chi connectivity index (χ1n) is 7.54. The minimum Gasteiger partial charge on any atom is -0.395 e. The van der Waals surface area contributed by atoms with Crippen LogP contribution in [0.15, 0.2) is 18.2 Å². The number of rotatable bonds is 5. The van der Waals surface area contributed by atoms with Crippen LogP contribution in [-0.2, 0) is 11.3 Å². The maximum atomic E-state index is 13.8. The molecule has 6 heteroatoms. The lowest BCUT2D eigenvalue weighted by atomic mass is 10.0. The summed E-state index contributed by atoms with van der Waals surface area (Å²) in [6.45, 7) is 1.26. The van der Waals surface area contributed by atoms with Crippen molar-refractivity contribution < 1.29 is 14.3 Å². The second kappa shape index (κ2) is 7.90. The number of benzene rings is 1. The highest BCUT2D eigenvalue weighted by Gasteiger charge is 2.25. The molecule has 1 amide bonds. The standard InChI is InChI=1S/C16H22ClFN2O2/c1-19(9-13-14(17)6-4-7-15(13)18)16(22)10-20-8-3-2-5-12(20)11-21/h4,6-7,12,21H,2-3,5,8-11H2,1H3. The molecule has 0 bridgehead atoms. The Morgan fingerprint density at radius 3 is 2.95 bits per heavy atom. The Hall–Kier alpha value is -1.17. The predicted octanol–water partition coefficient (Wildman–Crippen LogP) is 2.28. The first-order chi connectivity index (χ1) is 10.5. The Morgan fingerprint density at radius 1 is 1.50 bits per heavy atom. The zero-order valence-electron chi connectivity index (χ0n) is 12.8. The van der Waals surface area contributed by atoms with E-state index in [4.69, 9.17) is 11.6 Å². The van der Waals surface area contributed by atoms with Gasteiger partial charge in [0, 0.05) is 30.2 Å². The van der Waals surface area contributed by atoms with Crippen molar-refractivity contribution in [3.63, 3.8) is 0 Å². The maximum absolute atomic E-state index is 13.8. The van der Waals surface area contributed by atoms with Gasteiger partial charge in [-0.1, -0.05) is 24.1 Å². The quantitative estimate of drug-likeness (QED) is 0.902. The van der Waals surface area contributed by atoms with Crippen LogP contribution < -0.4 is 0 Å². The highest BCUT2D eigenvalue weighted by atomic mass is 35.5. The van der Waals surface area contributed by atoms with Crippen LogP contribution in [0.2, 0.25) is 5.02 Å². The summed E-state index contributed by atoms with van der Waals surface area (Å²) in [4.78, 5) is 15.8. The number of carbonyl (C=O) groups is 1. The Kier molecular flexibility index (Phi) is 6.17. The third-order valence-electron chi connectivity index (χ3n) is 4.18. The normalized spacial score (nSPS) is 19.2. The summed E-state index contributed by atoms with van der Waals surface area (Å²) in [6, 6.07) is 4.54. The van der Waals surface area contributed by atoms with Gasteiger partial charge in [0.05, 0.1) is 13.2 Å². The first kappa shape index (κ1) is 17.2. The predicted molar refractivity (Wildman–Crippen MR) is 84.2 cm³/mol. The molecule has 4 nitrogen and oxygen atoms in total. The van der Waals surface area contributed by atoms with E-state index in [-0.39, 0.29) is 31.6 Å². The molecule has 0 aromatic heterocycles. The minimum absolute atomic E-state index is 0.0446. The number of likely N-dealkylation sites (N-methyl/N-ethyl adjacent to an activating group) is 1. The van der Waals surface area contributed by atoms with Gasteiger partial charge in [-0.25, -0.2) is 4.39 Å². The largest absolute Gasteiger partial charge is 0.395 e. The topological polar surface area (TPSA) is 43.8 Å². The average Bonchev–Trinajstić information content (AvgIpc) is 2.51. The molecule has 1 atom stereocenters. The lowest BCUT2D eigenvalue weighted by Crippen LogP contribution is -2.47. The third-order valence-corrected chi connectivity index (χ3v) is 4.54. The molecule has 1 aromatic rings. The van der Waals surface area contributed by atoms with Crippen LogP contribution in [0.25, 0.3) is 0 Å². The molecule has 22 heavy (non-hydrogen) atoms. The highest BCUT2D eigenvalue weighted by Crippen LogP contribution is 2.21. The fourth-order valence-corrected chi connectivity index (χ4v) is 3.00. The second-order valence-corrected chi connectivity index (χ2v) is 6.16. The third kappa shape index (κ3) is 4.18. The zero-order chi connectivity index (χ0) is 16.1. The highest BCUT2D eigenvalue weighted by molar-refractivity contribution is 6.31. The van der Waals surface area contributed by atoms with Gasteiger partial charge in [-0.3, -0.25) is 9.69 Å². The number of halogens is 2. The smallest absolute Gasteiger partial charge is 0.236 e. The number of hydrogen-bond donors (Lipinski definition) is 1. The van der Waals surface area contributed by atoms with Crippen molar-refractivity contribution in [1.82, 2.24) is 9.80 Å². The maximum Gasteiger partial charge on any atom is 0.236 e. The van der Waals surface area contributed by atoms with Crippen LogP contribution in [0.4, 0.5) is 4.39 Å². The first-order valence-corrected chi connectivity index (χ1v) is 7.92. The van der Waals surface area contributed by atoms with Crippen molar-refractivity contribution in [2.24, 2.45) is 0 Å². The molecule has 1 unspecified atom stereocenters. The van der Waals surface area contributed by atoms with Crippen molar-refractivity contribution in [2.45, 2.75) is 31.8 Å². The van der Waals surface area contributed by atoms with E-state index < -0.39 is 5.82 Å². The number of hydrogen-bond acceptors (Lipinski definition) is 3. The lowest BCUT2D eigenvalue weighted by molar-refractivity contribution is -0.132. The minimum atomic E-state index is -0.404. The summed E-state index contributed by atoms with van der Waals surface area (Å²) in [7, 11) is 1.64. The Labute approximate surface area is 135 Å². The number of aliphatic hydroxyl groups is 1. The van der Waals surface area contributed by atoms with E-state index in [1.54, 1.807) is 19.2 Å². The molecule has 1 aromatic carbocycles. The average molecular weight is 329 g/mol. The van der Waals surface area contributed by atoms with Crippen LogP contribution in [0.1, 0.15) is 24.8 Å². The van der Waals surface area contributed by atoms with Crippen LogP contribution in [0.3, 0.4) is 0 Å². The van der Waals surface area contributed by atoms with Gasteiger partial charge in [0.2, 0.25) is 5.91 Å². The van der Waals surface area contributed by atoms with Gasteiger partial charge in [-0.15, -0.1) is 0 Å². The Balaban J connectivity index is 1.97. The summed E-state index contributed by atoms with van der Waals surface area (Å²) < 4.78 is 13.8. The molecule has 0 saturated carbocycles. The summed E-state index contributed by atoms with van der Waals surface area (Å²) in [5, 5.41) is 9.71. The van der Waals surface area contributed by atoms with E-state index >= 15 is 0 Å². The number of piperidine rings is 1. The second-order valence-electron chi connectivity index (χ2n) is 5.75. The molecule has 1 heterocycles. The van der Waals surface area contributed by atoms with Gasteiger partial charge in [-0.2, -0.15) is 0 Å². The van der Waals surface area contributed by atoms with Gasteiger partial charge in [0.1, 0.15) is 5.82 Å². The van der Waals surface area contributed by atoms with Crippen LogP contribution >= 0.6 is 11.6 Å². The molecule has 1 aliphatic rings. The van der Waals surface area contributed by atoms with E-state index in [1.165, 1.54) is 11.0 Å². The lowest BCUT2D eigenvalue weighted by Gasteiger charge is -2.35. The zero-order valence-corrected chi connectivity index (χ0v) is 13.5. The number of carbonyl (C=O) groups excluding carboxylic acids is 1. The molecule has 0 aliphatic carbocycles. The Morgan fingerprint density at radius 2 is 2.27 bits per heavy atom. The molecule has 1 aliphatic heterocycles. The summed E-state index contributed by atoms with van der Waals surface area (Å²) >= 11 is 5.99. The number of amides is 1. The molecule has 1 N–H and O–H groups in total.